The number of aliphatic hydroxyl groups excluding tert-OH is 1. The van der Waals surface area contributed by atoms with E-state index in [1.165, 1.54) is 0 Å². The van der Waals surface area contributed by atoms with Gasteiger partial charge in [0.1, 0.15) is 5.75 Å². The second-order valence-corrected chi connectivity index (χ2v) is 5.03. The van der Waals surface area contributed by atoms with Crippen molar-refractivity contribution in [3.63, 3.8) is 0 Å². The number of methoxy groups -OCH3 is 3. The Labute approximate surface area is 127 Å². The molecular formula is C16H27NO4. The molecule has 120 valence electrons. The van der Waals surface area contributed by atoms with Crippen molar-refractivity contribution in [2.24, 2.45) is 0 Å². The quantitative estimate of drug-likeness (QED) is 0.711. The number of rotatable bonds is 10. The molecule has 0 amide bonds. The number of aryl methyl sites for hydroxylation is 1. The van der Waals surface area contributed by atoms with Crippen LogP contribution in [0.15, 0.2) is 18.2 Å². The van der Waals surface area contributed by atoms with Gasteiger partial charge in [0.25, 0.3) is 0 Å². The Morgan fingerprint density at radius 1 is 1.10 bits per heavy atom. The van der Waals surface area contributed by atoms with Gasteiger partial charge in [0.2, 0.25) is 0 Å². The van der Waals surface area contributed by atoms with Crippen LogP contribution < -0.4 is 4.74 Å². The van der Waals surface area contributed by atoms with Crippen molar-refractivity contribution < 1.29 is 19.3 Å². The molecule has 0 spiro atoms. The molecule has 0 aliphatic rings. The molecule has 0 aliphatic heterocycles. The Morgan fingerprint density at radius 2 is 1.71 bits per heavy atom. The van der Waals surface area contributed by atoms with Gasteiger partial charge in [-0.2, -0.15) is 0 Å². The molecule has 0 heterocycles. The molecule has 1 aromatic carbocycles. The molecule has 0 aliphatic carbocycles. The zero-order chi connectivity index (χ0) is 15.7. The third kappa shape index (κ3) is 6.01. The van der Waals surface area contributed by atoms with E-state index in [0.29, 0.717) is 19.8 Å². The first kappa shape index (κ1) is 17.9. The monoisotopic (exact) mass is 297 g/mol. The van der Waals surface area contributed by atoms with Crippen LogP contribution in [-0.2, 0) is 9.47 Å². The van der Waals surface area contributed by atoms with Gasteiger partial charge in [0.05, 0.1) is 26.4 Å². The standard InChI is InChI=1S/C16H27NO4/c1-13-11-14(5-6-16(13)21-4)15(18)12-17(7-9-19-2)8-10-20-3/h5-6,11,15,18H,7-10,12H2,1-4H3. The Morgan fingerprint density at radius 3 is 2.19 bits per heavy atom. The number of hydrogen-bond donors (Lipinski definition) is 1. The van der Waals surface area contributed by atoms with E-state index in [-0.39, 0.29) is 0 Å². The summed E-state index contributed by atoms with van der Waals surface area (Å²) in [6.45, 7) is 5.34. The molecule has 5 nitrogen and oxygen atoms in total. The zero-order valence-electron chi connectivity index (χ0n) is 13.5. The molecule has 1 atom stereocenters. The predicted molar refractivity (Wildman–Crippen MR) is 82.9 cm³/mol. The van der Waals surface area contributed by atoms with Gasteiger partial charge in [-0.25, -0.2) is 0 Å². The second kappa shape index (κ2) is 9.73. The molecule has 0 fully saturated rings. The molecule has 0 saturated heterocycles. The largest absolute Gasteiger partial charge is 0.496 e. The molecule has 21 heavy (non-hydrogen) atoms. The van der Waals surface area contributed by atoms with Crippen LogP contribution in [0.5, 0.6) is 5.75 Å². The lowest BCUT2D eigenvalue weighted by molar-refractivity contribution is 0.0696. The van der Waals surface area contributed by atoms with Gasteiger partial charge in [0.15, 0.2) is 0 Å². The maximum absolute atomic E-state index is 10.4. The summed E-state index contributed by atoms with van der Waals surface area (Å²) in [7, 11) is 5.01. The number of ether oxygens (including phenoxy) is 3. The van der Waals surface area contributed by atoms with Crippen LogP contribution in [0, 0.1) is 6.92 Å². The maximum Gasteiger partial charge on any atom is 0.121 e. The lowest BCUT2D eigenvalue weighted by Crippen LogP contribution is -2.34. The summed E-state index contributed by atoms with van der Waals surface area (Å²) in [5.41, 5.74) is 1.92. The molecule has 1 N–H and O–H groups in total. The number of benzene rings is 1. The molecule has 1 rings (SSSR count). The Bertz CT molecular complexity index is 403. The molecule has 1 aromatic rings. The van der Waals surface area contributed by atoms with E-state index in [4.69, 9.17) is 14.2 Å². The van der Waals surface area contributed by atoms with Crippen LogP contribution in [0.3, 0.4) is 0 Å². The van der Waals surface area contributed by atoms with E-state index in [2.05, 4.69) is 4.90 Å². The van der Waals surface area contributed by atoms with Crippen molar-refractivity contribution in [1.82, 2.24) is 4.90 Å². The minimum absolute atomic E-state index is 0.539. The zero-order valence-corrected chi connectivity index (χ0v) is 13.5. The number of hydrogen-bond acceptors (Lipinski definition) is 5. The fourth-order valence-corrected chi connectivity index (χ4v) is 2.19. The predicted octanol–water partition coefficient (Wildman–Crippen LogP) is 1.63. The van der Waals surface area contributed by atoms with Crippen LogP contribution in [0.2, 0.25) is 0 Å². The van der Waals surface area contributed by atoms with Gasteiger partial charge >= 0.3 is 0 Å². The molecular weight excluding hydrogens is 270 g/mol. The van der Waals surface area contributed by atoms with E-state index < -0.39 is 6.10 Å². The molecule has 0 bridgehead atoms. The van der Waals surface area contributed by atoms with Gasteiger partial charge in [-0.15, -0.1) is 0 Å². The van der Waals surface area contributed by atoms with E-state index in [0.717, 1.165) is 30.0 Å². The fraction of sp³-hybridized carbons (Fsp3) is 0.625. The average molecular weight is 297 g/mol. The lowest BCUT2D eigenvalue weighted by atomic mass is 10.1. The summed E-state index contributed by atoms with van der Waals surface area (Å²) >= 11 is 0. The third-order valence-corrected chi connectivity index (χ3v) is 3.46. The molecule has 0 radical (unpaired) electrons. The van der Waals surface area contributed by atoms with Crippen LogP contribution in [0.1, 0.15) is 17.2 Å². The number of nitrogens with zero attached hydrogens (tertiary/aromatic N) is 1. The average Bonchev–Trinajstić information content (AvgIpc) is 2.49. The SMILES string of the molecule is COCCN(CCOC)CC(O)c1ccc(OC)c(C)c1. The van der Waals surface area contributed by atoms with Gasteiger partial charge in [-0.1, -0.05) is 6.07 Å². The van der Waals surface area contributed by atoms with Gasteiger partial charge in [-0.05, 0) is 30.2 Å². The highest BCUT2D eigenvalue weighted by molar-refractivity contribution is 5.37. The first-order valence-corrected chi connectivity index (χ1v) is 7.15. The van der Waals surface area contributed by atoms with Gasteiger partial charge in [0, 0.05) is 33.9 Å². The second-order valence-electron chi connectivity index (χ2n) is 5.03. The van der Waals surface area contributed by atoms with E-state index in [9.17, 15) is 5.11 Å². The first-order chi connectivity index (χ1) is 10.1. The molecule has 5 heteroatoms. The summed E-state index contributed by atoms with van der Waals surface area (Å²) in [4.78, 5) is 2.14. The topological polar surface area (TPSA) is 51.2 Å². The summed E-state index contributed by atoms with van der Waals surface area (Å²) in [5, 5.41) is 10.4. The minimum Gasteiger partial charge on any atom is -0.496 e. The van der Waals surface area contributed by atoms with Crippen molar-refractivity contribution in [3.05, 3.63) is 29.3 Å². The lowest BCUT2D eigenvalue weighted by Gasteiger charge is -2.25. The van der Waals surface area contributed by atoms with E-state index >= 15 is 0 Å². The summed E-state index contributed by atoms with van der Waals surface area (Å²) in [6.07, 6.45) is -0.539. The summed E-state index contributed by atoms with van der Waals surface area (Å²) < 4.78 is 15.5. The third-order valence-electron chi connectivity index (χ3n) is 3.46. The van der Waals surface area contributed by atoms with Crippen molar-refractivity contribution >= 4 is 0 Å². The van der Waals surface area contributed by atoms with Crippen molar-refractivity contribution in [2.75, 3.05) is 54.2 Å². The van der Waals surface area contributed by atoms with Gasteiger partial charge < -0.3 is 19.3 Å². The van der Waals surface area contributed by atoms with Crippen LogP contribution in [0.4, 0.5) is 0 Å². The smallest absolute Gasteiger partial charge is 0.121 e. The molecule has 0 aromatic heterocycles. The van der Waals surface area contributed by atoms with Crippen molar-refractivity contribution in [3.8, 4) is 5.75 Å². The highest BCUT2D eigenvalue weighted by Crippen LogP contribution is 2.23. The maximum atomic E-state index is 10.4. The Balaban J connectivity index is 2.66. The highest BCUT2D eigenvalue weighted by Gasteiger charge is 2.14. The van der Waals surface area contributed by atoms with E-state index in [1.807, 2.05) is 25.1 Å². The minimum atomic E-state index is -0.539. The summed E-state index contributed by atoms with van der Waals surface area (Å²) in [5.74, 6) is 0.835. The first-order valence-electron chi connectivity index (χ1n) is 7.15. The van der Waals surface area contributed by atoms with Gasteiger partial charge in [-0.3, -0.25) is 4.90 Å². The number of aliphatic hydroxyl groups is 1. The van der Waals surface area contributed by atoms with Crippen LogP contribution in [-0.4, -0.2) is 64.2 Å². The Hall–Kier alpha value is -1.14. The van der Waals surface area contributed by atoms with Crippen LogP contribution >= 0.6 is 0 Å². The van der Waals surface area contributed by atoms with E-state index in [1.54, 1.807) is 21.3 Å². The fourth-order valence-electron chi connectivity index (χ4n) is 2.19. The highest BCUT2D eigenvalue weighted by atomic mass is 16.5. The molecule has 1 unspecified atom stereocenters. The Kier molecular flexibility index (Phi) is 8.30. The summed E-state index contributed by atoms with van der Waals surface area (Å²) in [6, 6.07) is 5.76. The molecule has 0 saturated carbocycles. The van der Waals surface area contributed by atoms with Crippen molar-refractivity contribution in [1.29, 1.82) is 0 Å². The van der Waals surface area contributed by atoms with Crippen LogP contribution in [0.25, 0.3) is 0 Å². The normalized spacial score (nSPS) is 12.7. The van der Waals surface area contributed by atoms with Crippen molar-refractivity contribution in [2.45, 2.75) is 13.0 Å².